The van der Waals surface area contributed by atoms with Gasteiger partial charge in [0.2, 0.25) is 5.91 Å². The van der Waals surface area contributed by atoms with E-state index in [9.17, 15) is 4.79 Å². The van der Waals surface area contributed by atoms with Gasteiger partial charge in [-0.15, -0.1) is 0 Å². The Kier molecular flexibility index (Phi) is 3.79. The number of amides is 1. The lowest BCUT2D eigenvalue weighted by Crippen LogP contribution is -2.51. The Bertz CT molecular complexity index is 297. The molecule has 2 saturated heterocycles. The van der Waals surface area contributed by atoms with E-state index in [-0.39, 0.29) is 18.0 Å². The predicted molar refractivity (Wildman–Crippen MR) is 60.6 cm³/mol. The third kappa shape index (κ3) is 2.35. The second kappa shape index (κ2) is 5.31. The molecule has 2 rings (SSSR count). The minimum absolute atomic E-state index is 0.0531. The SMILES string of the molecule is N#CC1CCCCN1C1CCCCNC1=O. The second-order valence-corrected chi connectivity index (χ2v) is 4.68. The maximum Gasteiger partial charge on any atom is 0.237 e. The number of likely N-dealkylation sites (tertiary alicyclic amines) is 1. The fourth-order valence-corrected chi connectivity index (χ4v) is 2.71. The maximum absolute atomic E-state index is 11.9. The van der Waals surface area contributed by atoms with Gasteiger partial charge in [-0.25, -0.2) is 0 Å². The van der Waals surface area contributed by atoms with Gasteiger partial charge in [-0.05, 0) is 38.5 Å². The molecule has 0 saturated carbocycles. The lowest BCUT2D eigenvalue weighted by atomic mass is 9.98. The van der Waals surface area contributed by atoms with Crippen LogP contribution in [0.15, 0.2) is 0 Å². The highest BCUT2D eigenvalue weighted by molar-refractivity contribution is 5.82. The third-order valence-electron chi connectivity index (χ3n) is 3.60. The molecule has 2 heterocycles. The summed E-state index contributed by atoms with van der Waals surface area (Å²) in [4.78, 5) is 14.0. The van der Waals surface area contributed by atoms with Crippen LogP contribution in [0.2, 0.25) is 0 Å². The van der Waals surface area contributed by atoms with Crippen molar-refractivity contribution >= 4 is 5.91 Å². The summed E-state index contributed by atoms with van der Waals surface area (Å²) in [7, 11) is 0. The average molecular weight is 221 g/mol. The summed E-state index contributed by atoms with van der Waals surface area (Å²) in [6.45, 7) is 1.69. The van der Waals surface area contributed by atoms with Crippen LogP contribution in [0.4, 0.5) is 0 Å². The molecule has 1 amide bonds. The number of nitriles is 1. The van der Waals surface area contributed by atoms with E-state index in [2.05, 4.69) is 16.3 Å². The van der Waals surface area contributed by atoms with Crippen LogP contribution in [-0.2, 0) is 4.79 Å². The first-order valence-electron chi connectivity index (χ1n) is 6.26. The summed E-state index contributed by atoms with van der Waals surface area (Å²) in [6.07, 6.45) is 6.20. The van der Waals surface area contributed by atoms with Crippen molar-refractivity contribution in [2.24, 2.45) is 0 Å². The smallest absolute Gasteiger partial charge is 0.237 e. The van der Waals surface area contributed by atoms with Gasteiger partial charge in [-0.2, -0.15) is 5.26 Å². The van der Waals surface area contributed by atoms with E-state index in [0.717, 1.165) is 51.6 Å². The van der Waals surface area contributed by atoms with Crippen LogP contribution in [0.5, 0.6) is 0 Å². The minimum atomic E-state index is -0.0625. The van der Waals surface area contributed by atoms with E-state index in [1.54, 1.807) is 0 Å². The molecule has 0 aromatic carbocycles. The Balaban J connectivity index is 2.08. The molecule has 0 aliphatic carbocycles. The lowest BCUT2D eigenvalue weighted by Gasteiger charge is -2.36. The molecule has 2 aliphatic heterocycles. The fraction of sp³-hybridized carbons (Fsp3) is 0.833. The molecule has 0 aromatic heterocycles. The summed E-state index contributed by atoms with van der Waals surface area (Å²) in [5, 5.41) is 12.1. The van der Waals surface area contributed by atoms with Crippen molar-refractivity contribution in [2.75, 3.05) is 13.1 Å². The van der Waals surface area contributed by atoms with E-state index in [0.29, 0.717) is 0 Å². The number of piperidine rings is 1. The molecular weight excluding hydrogens is 202 g/mol. The van der Waals surface area contributed by atoms with Crippen molar-refractivity contribution in [3.05, 3.63) is 0 Å². The number of rotatable bonds is 1. The van der Waals surface area contributed by atoms with E-state index < -0.39 is 0 Å². The normalized spacial score (nSPS) is 32.6. The van der Waals surface area contributed by atoms with E-state index in [4.69, 9.17) is 5.26 Å². The number of hydrogen-bond donors (Lipinski definition) is 1. The van der Waals surface area contributed by atoms with Gasteiger partial charge in [0.25, 0.3) is 0 Å². The van der Waals surface area contributed by atoms with Crippen molar-refractivity contribution in [1.29, 1.82) is 5.26 Å². The largest absolute Gasteiger partial charge is 0.355 e. The summed E-state index contributed by atoms with van der Waals surface area (Å²) in [5.74, 6) is 0.125. The van der Waals surface area contributed by atoms with E-state index in [1.807, 2.05) is 0 Å². The lowest BCUT2D eigenvalue weighted by molar-refractivity contribution is -0.127. The molecule has 16 heavy (non-hydrogen) atoms. The summed E-state index contributed by atoms with van der Waals surface area (Å²) in [5.41, 5.74) is 0. The molecule has 88 valence electrons. The predicted octanol–water partition coefficient (Wildman–Crippen LogP) is 1.03. The number of carbonyl (C=O) groups excluding carboxylic acids is 1. The first-order chi connectivity index (χ1) is 7.83. The van der Waals surface area contributed by atoms with Gasteiger partial charge in [0.15, 0.2) is 0 Å². The number of carbonyl (C=O) groups is 1. The zero-order chi connectivity index (χ0) is 11.4. The Morgan fingerprint density at radius 2 is 2.06 bits per heavy atom. The Morgan fingerprint density at radius 3 is 2.88 bits per heavy atom. The highest BCUT2D eigenvalue weighted by Gasteiger charge is 2.33. The number of nitrogens with zero attached hydrogens (tertiary/aromatic N) is 2. The van der Waals surface area contributed by atoms with Crippen LogP contribution in [-0.4, -0.2) is 36.0 Å². The molecule has 4 nitrogen and oxygen atoms in total. The van der Waals surface area contributed by atoms with Gasteiger partial charge >= 0.3 is 0 Å². The molecular formula is C12H19N3O. The first kappa shape index (κ1) is 11.4. The van der Waals surface area contributed by atoms with E-state index in [1.165, 1.54) is 0 Å². The van der Waals surface area contributed by atoms with Crippen LogP contribution in [0.25, 0.3) is 0 Å². The van der Waals surface area contributed by atoms with Gasteiger partial charge in [-0.3, -0.25) is 9.69 Å². The Hall–Kier alpha value is -1.08. The second-order valence-electron chi connectivity index (χ2n) is 4.68. The maximum atomic E-state index is 11.9. The van der Waals surface area contributed by atoms with Crippen LogP contribution < -0.4 is 5.32 Å². The summed E-state index contributed by atoms with van der Waals surface area (Å²) >= 11 is 0. The molecule has 0 aromatic rings. The number of nitrogens with one attached hydrogen (secondary N) is 1. The van der Waals surface area contributed by atoms with Gasteiger partial charge in [-0.1, -0.05) is 0 Å². The highest BCUT2D eigenvalue weighted by Crippen LogP contribution is 2.22. The summed E-state index contributed by atoms with van der Waals surface area (Å²) < 4.78 is 0. The highest BCUT2D eigenvalue weighted by atomic mass is 16.2. The van der Waals surface area contributed by atoms with Gasteiger partial charge in [0, 0.05) is 13.1 Å². The fourth-order valence-electron chi connectivity index (χ4n) is 2.71. The standard InChI is InChI=1S/C12H19N3O/c13-9-10-5-2-4-8-15(10)11-6-1-3-7-14-12(11)16/h10-11H,1-8H2,(H,14,16). The van der Waals surface area contributed by atoms with Crippen LogP contribution in [0, 0.1) is 11.3 Å². The van der Waals surface area contributed by atoms with Crippen molar-refractivity contribution in [3.63, 3.8) is 0 Å². The monoisotopic (exact) mass is 221 g/mol. The molecule has 2 atom stereocenters. The minimum Gasteiger partial charge on any atom is -0.355 e. The molecule has 4 heteroatoms. The van der Waals surface area contributed by atoms with Crippen molar-refractivity contribution in [1.82, 2.24) is 10.2 Å². The van der Waals surface area contributed by atoms with Gasteiger partial charge in [0.05, 0.1) is 18.2 Å². The van der Waals surface area contributed by atoms with Crippen LogP contribution in [0.1, 0.15) is 38.5 Å². The van der Waals surface area contributed by atoms with Crippen LogP contribution in [0.3, 0.4) is 0 Å². The van der Waals surface area contributed by atoms with Crippen molar-refractivity contribution in [3.8, 4) is 6.07 Å². The van der Waals surface area contributed by atoms with Crippen molar-refractivity contribution in [2.45, 2.75) is 50.6 Å². The molecule has 0 radical (unpaired) electrons. The molecule has 0 spiro atoms. The molecule has 2 fully saturated rings. The first-order valence-corrected chi connectivity index (χ1v) is 6.26. The zero-order valence-electron chi connectivity index (χ0n) is 9.61. The van der Waals surface area contributed by atoms with E-state index >= 15 is 0 Å². The molecule has 2 aliphatic rings. The average Bonchev–Trinajstić information content (AvgIpc) is 2.54. The number of hydrogen-bond acceptors (Lipinski definition) is 3. The topological polar surface area (TPSA) is 56.1 Å². The molecule has 2 unspecified atom stereocenters. The Labute approximate surface area is 96.6 Å². The quantitative estimate of drug-likeness (QED) is 0.719. The van der Waals surface area contributed by atoms with Crippen LogP contribution >= 0.6 is 0 Å². The summed E-state index contributed by atoms with van der Waals surface area (Å²) in [6, 6.07) is 2.22. The van der Waals surface area contributed by atoms with Gasteiger partial charge in [0.1, 0.15) is 0 Å². The van der Waals surface area contributed by atoms with Gasteiger partial charge < -0.3 is 5.32 Å². The molecule has 1 N–H and O–H groups in total. The zero-order valence-corrected chi connectivity index (χ0v) is 9.61. The molecule has 0 bridgehead atoms. The van der Waals surface area contributed by atoms with Crippen molar-refractivity contribution < 1.29 is 4.79 Å². The Morgan fingerprint density at radius 1 is 1.25 bits per heavy atom. The third-order valence-corrected chi connectivity index (χ3v) is 3.60.